The van der Waals surface area contributed by atoms with Crippen LogP contribution in [0.5, 0.6) is 0 Å². The van der Waals surface area contributed by atoms with Crippen molar-refractivity contribution in [3.05, 3.63) is 145 Å². The van der Waals surface area contributed by atoms with Crippen molar-refractivity contribution in [2.75, 3.05) is 0 Å². The minimum atomic E-state index is 0.612. The van der Waals surface area contributed by atoms with Crippen LogP contribution in [0.25, 0.3) is 81.5 Å². The van der Waals surface area contributed by atoms with Gasteiger partial charge in [0.15, 0.2) is 0 Å². The van der Waals surface area contributed by atoms with Crippen LogP contribution in [0.15, 0.2) is 138 Å². The van der Waals surface area contributed by atoms with Crippen LogP contribution < -0.4 is 0 Å². The highest BCUT2D eigenvalue weighted by Crippen LogP contribution is 2.46. The van der Waals surface area contributed by atoms with E-state index in [1.807, 2.05) is 19.1 Å². The number of aliphatic imine (C=N–C) groups is 1. The van der Waals surface area contributed by atoms with Crippen molar-refractivity contribution in [3.8, 4) is 28.6 Å². The van der Waals surface area contributed by atoms with Crippen LogP contribution in [-0.2, 0) is 0 Å². The summed E-state index contributed by atoms with van der Waals surface area (Å²) in [4.78, 5) is 4.64. The quantitative estimate of drug-likeness (QED) is 0.174. The van der Waals surface area contributed by atoms with Crippen LogP contribution in [0.3, 0.4) is 0 Å². The lowest BCUT2D eigenvalue weighted by molar-refractivity contribution is 1.11. The van der Waals surface area contributed by atoms with Gasteiger partial charge in [-0.1, -0.05) is 72.8 Å². The predicted molar refractivity (Wildman–Crippen MR) is 205 cm³/mol. The van der Waals surface area contributed by atoms with Crippen molar-refractivity contribution in [3.63, 3.8) is 0 Å². The van der Waals surface area contributed by atoms with Gasteiger partial charge in [-0.3, -0.25) is 4.99 Å². The standard InChI is InChI=1S/C43H28N4S/c1-3-11-38-43(45-2)42-37(20-21-40-41(42)34-16-6-9-19-39(34)48-40)46(38)30-13-10-12-28(24-30)29-22-27(26-44)23-31(25-29)47-35-17-7-4-14-32(35)33-15-5-8-18-36(33)47/h3-25H,2H2,1H3/b11-3-. The molecule has 0 radical (unpaired) electrons. The number of hydrogen-bond donors (Lipinski definition) is 0. The molecule has 3 heterocycles. The molecule has 48 heavy (non-hydrogen) atoms. The van der Waals surface area contributed by atoms with E-state index in [0.717, 1.165) is 55.8 Å². The first-order valence-electron chi connectivity index (χ1n) is 15.9. The highest BCUT2D eigenvalue weighted by Gasteiger charge is 2.21. The molecule has 4 nitrogen and oxygen atoms in total. The van der Waals surface area contributed by atoms with E-state index >= 15 is 0 Å². The zero-order valence-corrected chi connectivity index (χ0v) is 27.0. The summed E-state index contributed by atoms with van der Waals surface area (Å²) in [5.74, 6) is 0. The van der Waals surface area contributed by atoms with E-state index in [4.69, 9.17) is 0 Å². The lowest BCUT2D eigenvalue weighted by Crippen LogP contribution is -1.98. The van der Waals surface area contributed by atoms with Gasteiger partial charge in [-0.2, -0.15) is 5.26 Å². The molecule has 0 aliphatic heterocycles. The molecule has 3 aromatic heterocycles. The van der Waals surface area contributed by atoms with Crippen molar-refractivity contribution in [1.29, 1.82) is 5.26 Å². The lowest BCUT2D eigenvalue weighted by atomic mass is 10.0. The molecule has 0 saturated carbocycles. The molecule has 0 amide bonds. The Bertz CT molecular complexity index is 2780. The van der Waals surface area contributed by atoms with Gasteiger partial charge in [0.05, 0.1) is 39.6 Å². The summed E-state index contributed by atoms with van der Waals surface area (Å²) >= 11 is 1.81. The molecule has 0 spiro atoms. The van der Waals surface area contributed by atoms with Crippen molar-refractivity contribution < 1.29 is 0 Å². The van der Waals surface area contributed by atoms with E-state index in [2.05, 4.69) is 154 Å². The van der Waals surface area contributed by atoms with Crippen molar-refractivity contribution in [2.24, 2.45) is 4.99 Å². The van der Waals surface area contributed by atoms with Gasteiger partial charge in [-0.25, -0.2) is 0 Å². The van der Waals surface area contributed by atoms with E-state index in [1.165, 1.54) is 30.9 Å². The Hall–Kier alpha value is -6.22. The number of para-hydroxylation sites is 2. The lowest BCUT2D eigenvalue weighted by Gasteiger charge is -2.14. The fourth-order valence-electron chi connectivity index (χ4n) is 7.34. The van der Waals surface area contributed by atoms with Gasteiger partial charge in [0.2, 0.25) is 0 Å². The number of rotatable bonds is 5. The molecule has 0 fully saturated rings. The second-order valence-electron chi connectivity index (χ2n) is 12.0. The van der Waals surface area contributed by atoms with E-state index in [9.17, 15) is 5.26 Å². The molecule has 226 valence electrons. The molecular weight excluding hydrogens is 605 g/mol. The number of allylic oxidation sites excluding steroid dienone is 1. The number of aromatic nitrogens is 2. The second-order valence-corrected chi connectivity index (χ2v) is 13.0. The average Bonchev–Trinajstić information content (AvgIpc) is 3.79. The van der Waals surface area contributed by atoms with Crippen LogP contribution in [-0.4, -0.2) is 15.9 Å². The number of benzene rings is 6. The first-order valence-corrected chi connectivity index (χ1v) is 16.7. The van der Waals surface area contributed by atoms with Crippen LogP contribution in [0, 0.1) is 11.3 Å². The number of nitrogens with zero attached hydrogens (tertiary/aromatic N) is 4. The maximum Gasteiger partial charge on any atom is 0.0992 e. The summed E-state index contributed by atoms with van der Waals surface area (Å²) in [6.07, 6.45) is 4.17. The summed E-state index contributed by atoms with van der Waals surface area (Å²) in [5.41, 5.74) is 9.75. The maximum atomic E-state index is 10.2. The summed E-state index contributed by atoms with van der Waals surface area (Å²) in [7, 11) is 0. The third kappa shape index (κ3) is 4.10. The summed E-state index contributed by atoms with van der Waals surface area (Å²) < 4.78 is 7.05. The Morgan fingerprint density at radius 1 is 0.646 bits per heavy atom. The Kier molecular flexibility index (Phi) is 6.39. The molecule has 0 bridgehead atoms. The molecule has 9 aromatic rings. The number of thiophene rings is 1. The average molecular weight is 633 g/mol. The van der Waals surface area contributed by atoms with Gasteiger partial charge in [0, 0.05) is 47.7 Å². The fourth-order valence-corrected chi connectivity index (χ4v) is 8.46. The highest BCUT2D eigenvalue weighted by atomic mass is 32.1. The van der Waals surface area contributed by atoms with E-state index < -0.39 is 0 Å². The molecule has 0 aliphatic rings. The highest BCUT2D eigenvalue weighted by molar-refractivity contribution is 7.26. The van der Waals surface area contributed by atoms with Crippen molar-refractivity contribution >= 4 is 82.7 Å². The zero-order chi connectivity index (χ0) is 32.4. The summed E-state index contributed by atoms with van der Waals surface area (Å²) in [6, 6.07) is 47.1. The van der Waals surface area contributed by atoms with Crippen LogP contribution in [0.2, 0.25) is 0 Å². The predicted octanol–water partition coefficient (Wildman–Crippen LogP) is 12.0. The van der Waals surface area contributed by atoms with Crippen molar-refractivity contribution in [1.82, 2.24) is 9.13 Å². The van der Waals surface area contributed by atoms with Crippen LogP contribution >= 0.6 is 11.3 Å². The Labute approximate surface area is 281 Å². The Morgan fingerprint density at radius 3 is 2.08 bits per heavy atom. The molecule has 0 saturated heterocycles. The van der Waals surface area contributed by atoms with Gasteiger partial charge >= 0.3 is 0 Å². The molecule has 5 heteroatoms. The molecule has 0 N–H and O–H groups in total. The third-order valence-corrected chi connectivity index (χ3v) is 10.4. The van der Waals surface area contributed by atoms with Crippen LogP contribution in [0.1, 0.15) is 18.2 Å². The SMILES string of the molecule is C=Nc1c(/C=C\C)n(-c2cccc(-c3cc(C#N)cc(-n4c5ccccc5c5ccccc54)c3)c2)c2ccc3sc4ccccc4c3c12. The molecule has 6 aromatic carbocycles. The summed E-state index contributed by atoms with van der Waals surface area (Å²) in [5, 5.41) is 16.1. The largest absolute Gasteiger partial charge is 0.309 e. The Balaban J connectivity index is 1.28. The monoisotopic (exact) mass is 632 g/mol. The van der Waals surface area contributed by atoms with E-state index in [0.29, 0.717) is 5.56 Å². The Morgan fingerprint density at radius 2 is 1.35 bits per heavy atom. The van der Waals surface area contributed by atoms with Gasteiger partial charge in [-0.15, -0.1) is 11.3 Å². The van der Waals surface area contributed by atoms with E-state index in [1.54, 1.807) is 11.3 Å². The maximum absolute atomic E-state index is 10.2. The van der Waals surface area contributed by atoms with Gasteiger partial charge in [0.25, 0.3) is 0 Å². The number of nitriles is 1. The first-order chi connectivity index (χ1) is 23.7. The van der Waals surface area contributed by atoms with Gasteiger partial charge in [0.1, 0.15) is 0 Å². The molecule has 0 unspecified atom stereocenters. The minimum absolute atomic E-state index is 0.612. The third-order valence-electron chi connectivity index (χ3n) is 9.29. The molecule has 0 atom stereocenters. The van der Waals surface area contributed by atoms with Gasteiger partial charge < -0.3 is 9.13 Å². The van der Waals surface area contributed by atoms with Gasteiger partial charge in [-0.05, 0) is 91.5 Å². The molecule has 0 aliphatic carbocycles. The fraction of sp³-hybridized carbons (Fsp3) is 0.0233. The smallest absolute Gasteiger partial charge is 0.0992 e. The minimum Gasteiger partial charge on any atom is -0.309 e. The van der Waals surface area contributed by atoms with E-state index in [-0.39, 0.29) is 0 Å². The normalized spacial score (nSPS) is 11.8. The second kappa shape index (κ2) is 10.9. The number of hydrogen-bond acceptors (Lipinski definition) is 3. The molecule has 9 rings (SSSR count). The molecular formula is C43H28N4S. The summed E-state index contributed by atoms with van der Waals surface area (Å²) in [6.45, 7) is 6.07. The number of fused-ring (bicyclic) bond motifs is 8. The van der Waals surface area contributed by atoms with Crippen molar-refractivity contribution in [2.45, 2.75) is 6.92 Å². The zero-order valence-electron chi connectivity index (χ0n) is 26.2. The first kappa shape index (κ1) is 28.0. The topological polar surface area (TPSA) is 46.0 Å². The van der Waals surface area contributed by atoms with Crippen LogP contribution in [0.4, 0.5) is 5.69 Å².